The Bertz CT molecular complexity index is 345. The molecule has 0 amide bonds. The lowest BCUT2D eigenvalue weighted by atomic mass is 9.95. The van der Waals surface area contributed by atoms with Crippen molar-refractivity contribution in [2.75, 3.05) is 6.61 Å². The van der Waals surface area contributed by atoms with Crippen LogP contribution in [0.25, 0.3) is 0 Å². The van der Waals surface area contributed by atoms with Crippen molar-refractivity contribution < 1.29 is 4.74 Å². The lowest BCUT2D eigenvalue weighted by molar-refractivity contribution is 0.315. The van der Waals surface area contributed by atoms with Crippen LogP contribution in [-0.4, -0.2) is 12.1 Å². The van der Waals surface area contributed by atoms with Gasteiger partial charge >= 0.3 is 0 Å². The molecule has 0 aliphatic heterocycles. The molecule has 0 aliphatic carbocycles. The molecule has 0 spiro atoms. The summed E-state index contributed by atoms with van der Waals surface area (Å²) in [6.07, 6.45) is 3.34. The minimum Gasteiger partial charge on any atom is -0.494 e. The summed E-state index contributed by atoms with van der Waals surface area (Å²) in [5.74, 6) is 0.978. The molecule has 0 aromatic heterocycles. The third kappa shape index (κ3) is 4.69. The molecule has 0 atom stereocenters. The van der Waals surface area contributed by atoms with Crippen LogP contribution in [0.5, 0.6) is 5.75 Å². The predicted octanol–water partition coefficient (Wildman–Crippen LogP) is 4.14. The molecule has 0 bridgehead atoms. The molecule has 0 fully saturated rings. The third-order valence-electron chi connectivity index (χ3n) is 3.65. The summed E-state index contributed by atoms with van der Waals surface area (Å²) < 4.78 is 5.65. The standard InChI is InChI=1S/C16H27NO/c1-5-11-18-15-10-8-9-14(12-15)13-17-16(4,6-2)7-3/h8-10,12,17H,5-7,11,13H2,1-4H3. The Kier molecular flexibility index (Phi) is 6.20. The molecule has 0 aliphatic rings. The van der Waals surface area contributed by atoms with E-state index in [0.29, 0.717) is 0 Å². The Balaban J connectivity index is 2.56. The first-order valence-corrected chi connectivity index (χ1v) is 7.10. The Morgan fingerprint density at radius 1 is 1.17 bits per heavy atom. The Labute approximate surface area is 112 Å². The zero-order valence-electron chi connectivity index (χ0n) is 12.3. The van der Waals surface area contributed by atoms with Crippen LogP contribution in [0.3, 0.4) is 0 Å². The minimum atomic E-state index is 0.236. The Hall–Kier alpha value is -1.02. The molecule has 18 heavy (non-hydrogen) atoms. The van der Waals surface area contributed by atoms with Crippen molar-refractivity contribution in [2.24, 2.45) is 0 Å². The van der Waals surface area contributed by atoms with E-state index in [1.807, 2.05) is 6.07 Å². The molecule has 1 aromatic rings. The Morgan fingerprint density at radius 2 is 1.89 bits per heavy atom. The monoisotopic (exact) mass is 249 g/mol. The molecule has 1 N–H and O–H groups in total. The number of nitrogens with one attached hydrogen (secondary N) is 1. The zero-order valence-corrected chi connectivity index (χ0v) is 12.3. The van der Waals surface area contributed by atoms with Crippen LogP contribution in [0.15, 0.2) is 24.3 Å². The molecule has 102 valence electrons. The molecule has 0 saturated carbocycles. The van der Waals surface area contributed by atoms with Gasteiger partial charge in [0, 0.05) is 12.1 Å². The summed E-state index contributed by atoms with van der Waals surface area (Å²) in [7, 11) is 0. The van der Waals surface area contributed by atoms with Crippen molar-refractivity contribution in [3.05, 3.63) is 29.8 Å². The van der Waals surface area contributed by atoms with Crippen LogP contribution >= 0.6 is 0 Å². The van der Waals surface area contributed by atoms with Crippen molar-refractivity contribution >= 4 is 0 Å². The number of ether oxygens (including phenoxy) is 1. The molecule has 2 nitrogen and oxygen atoms in total. The number of benzene rings is 1. The van der Waals surface area contributed by atoms with Crippen LogP contribution in [-0.2, 0) is 6.54 Å². The van der Waals surface area contributed by atoms with E-state index in [0.717, 1.165) is 38.2 Å². The van der Waals surface area contributed by atoms with E-state index in [4.69, 9.17) is 4.74 Å². The van der Waals surface area contributed by atoms with E-state index in [2.05, 4.69) is 51.2 Å². The van der Waals surface area contributed by atoms with Gasteiger partial charge in [-0.05, 0) is 43.9 Å². The molecule has 0 heterocycles. The van der Waals surface area contributed by atoms with Crippen LogP contribution in [0, 0.1) is 0 Å². The van der Waals surface area contributed by atoms with Crippen molar-refractivity contribution in [3.8, 4) is 5.75 Å². The van der Waals surface area contributed by atoms with Crippen molar-refractivity contribution in [1.29, 1.82) is 0 Å². The average Bonchev–Trinajstić information content (AvgIpc) is 2.43. The summed E-state index contributed by atoms with van der Waals surface area (Å²) in [6.45, 7) is 10.6. The van der Waals surface area contributed by atoms with E-state index < -0.39 is 0 Å². The van der Waals surface area contributed by atoms with Gasteiger partial charge in [0.05, 0.1) is 6.61 Å². The second-order valence-corrected chi connectivity index (χ2v) is 5.12. The van der Waals surface area contributed by atoms with Gasteiger partial charge in [-0.2, -0.15) is 0 Å². The maximum atomic E-state index is 5.65. The van der Waals surface area contributed by atoms with Crippen LogP contribution in [0.1, 0.15) is 52.5 Å². The SMILES string of the molecule is CCCOc1cccc(CNC(C)(CC)CC)c1. The normalized spacial score (nSPS) is 11.6. The molecular weight excluding hydrogens is 222 g/mol. The van der Waals surface area contributed by atoms with Crippen molar-refractivity contribution in [3.63, 3.8) is 0 Å². The summed E-state index contributed by atoms with van der Waals surface area (Å²) in [4.78, 5) is 0. The van der Waals surface area contributed by atoms with Crippen LogP contribution < -0.4 is 10.1 Å². The molecular formula is C16H27NO. The first kappa shape index (κ1) is 15.0. The lowest BCUT2D eigenvalue weighted by Gasteiger charge is -2.28. The molecule has 0 unspecified atom stereocenters. The molecule has 1 rings (SSSR count). The summed E-state index contributed by atoms with van der Waals surface area (Å²) in [6, 6.07) is 8.38. The van der Waals surface area contributed by atoms with E-state index >= 15 is 0 Å². The Morgan fingerprint density at radius 3 is 2.50 bits per heavy atom. The van der Waals surface area contributed by atoms with E-state index in [-0.39, 0.29) is 5.54 Å². The second-order valence-electron chi connectivity index (χ2n) is 5.12. The maximum absolute atomic E-state index is 5.65. The summed E-state index contributed by atoms with van der Waals surface area (Å²) in [5, 5.41) is 3.64. The fraction of sp³-hybridized carbons (Fsp3) is 0.625. The maximum Gasteiger partial charge on any atom is 0.119 e. The molecule has 0 radical (unpaired) electrons. The molecule has 2 heteroatoms. The predicted molar refractivity (Wildman–Crippen MR) is 78.1 cm³/mol. The highest BCUT2D eigenvalue weighted by atomic mass is 16.5. The zero-order chi connectivity index (χ0) is 13.4. The highest BCUT2D eigenvalue weighted by Gasteiger charge is 2.17. The van der Waals surface area contributed by atoms with Gasteiger partial charge in [-0.1, -0.05) is 32.9 Å². The van der Waals surface area contributed by atoms with Gasteiger partial charge in [0.2, 0.25) is 0 Å². The smallest absolute Gasteiger partial charge is 0.119 e. The first-order chi connectivity index (χ1) is 8.63. The van der Waals surface area contributed by atoms with Gasteiger partial charge in [-0.25, -0.2) is 0 Å². The number of hydrogen-bond acceptors (Lipinski definition) is 2. The summed E-state index contributed by atoms with van der Waals surface area (Å²) in [5.41, 5.74) is 1.53. The number of rotatable bonds is 8. The van der Waals surface area contributed by atoms with Gasteiger partial charge < -0.3 is 10.1 Å². The molecule has 1 aromatic carbocycles. The minimum absolute atomic E-state index is 0.236. The highest BCUT2D eigenvalue weighted by molar-refractivity contribution is 5.28. The van der Waals surface area contributed by atoms with Crippen molar-refractivity contribution in [2.45, 2.75) is 59.0 Å². The fourth-order valence-corrected chi connectivity index (χ4v) is 1.78. The van der Waals surface area contributed by atoms with Gasteiger partial charge in [0.1, 0.15) is 5.75 Å². The van der Waals surface area contributed by atoms with Crippen LogP contribution in [0.4, 0.5) is 0 Å². The first-order valence-electron chi connectivity index (χ1n) is 7.10. The highest BCUT2D eigenvalue weighted by Crippen LogP contribution is 2.17. The second kappa shape index (κ2) is 7.42. The van der Waals surface area contributed by atoms with E-state index in [9.17, 15) is 0 Å². The summed E-state index contributed by atoms with van der Waals surface area (Å²) >= 11 is 0. The average molecular weight is 249 g/mol. The van der Waals surface area contributed by atoms with Gasteiger partial charge in [0.25, 0.3) is 0 Å². The topological polar surface area (TPSA) is 21.3 Å². The molecule has 0 saturated heterocycles. The van der Waals surface area contributed by atoms with Gasteiger partial charge in [-0.15, -0.1) is 0 Å². The van der Waals surface area contributed by atoms with Gasteiger partial charge in [-0.3, -0.25) is 0 Å². The quantitative estimate of drug-likeness (QED) is 0.747. The van der Waals surface area contributed by atoms with E-state index in [1.165, 1.54) is 5.56 Å². The van der Waals surface area contributed by atoms with Crippen LogP contribution in [0.2, 0.25) is 0 Å². The fourth-order valence-electron chi connectivity index (χ4n) is 1.78. The van der Waals surface area contributed by atoms with Crippen molar-refractivity contribution in [1.82, 2.24) is 5.32 Å². The number of hydrogen-bond donors (Lipinski definition) is 1. The van der Waals surface area contributed by atoms with E-state index in [1.54, 1.807) is 0 Å². The van der Waals surface area contributed by atoms with Gasteiger partial charge in [0.15, 0.2) is 0 Å². The third-order valence-corrected chi connectivity index (χ3v) is 3.65. The lowest BCUT2D eigenvalue weighted by Crippen LogP contribution is -2.40. The largest absolute Gasteiger partial charge is 0.494 e.